The first-order valence-electron chi connectivity index (χ1n) is 9.17. The molecular formula is C18H31O9PS. The lowest BCUT2D eigenvalue weighted by atomic mass is 9.95. The van der Waals surface area contributed by atoms with Crippen LogP contribution < -0.4 is 0 Å². The summed E-state index contributed by atoms with van der Waals surface area (Å²) in [5, 5.41) is 7.79. The minimum atomic E-state index is -4.81. The molecule has 0 aromatic heterocycles. The number of rotatable bonds is 12. The molecule has 0 bridgehead atoms. The summed E-state index contributed by atoms with van der Waals surface area (Å²) in [6, 6.07) is 8.80. The molecule has 0 aliphatic carbocycles. The molecule has 168 valence electrons. The molecule has 11 heteroatoms. The van der Waals surface area contributed by atoms with Crippen molar-refractivity contribution in [3.8, 4) is 0 Å². The van der Waals surface area contributed by atoms with Crippen LogP contribution >= 0.6 is 7.60 Å². The van der Waals surface area contributed by atoms with Gasteiger partial charge in [-0.3, -0.25) is 8.75 Å². The smallest absolute Gasteiger partial charge is 0.360 e. The maximum absolute atomic E-state index is 12.2. The maximum atomic E-state index is 12.2. The SMILES string of the molecule is CC(C)C(OOC(CO)C(Cc1ccccc1)OS(C)(=O)=O)(C(C)C)P(=O)(O)O. The Kier molecular flexibility index (Phi) is 9.45. The Morgan fingerprint density at radius 1 is 1.03 bits per heavy atom. The minimum absolute atomic E-state index is 0.0643. The van der Waals surface area contributed by atoms with Gasteiger partial charge in [-0.05, 0) is 17.4 Å². The lowest BCUT2D eigenvalue weighted by Gasteiger charge is -2.40. The molecule has 0 heterocycles. The zero-order valence-electron chi connectivity index (χ0n) is 17.3. The molecule has 2 unspecified atom stereocenters. The third-order valence-corrected chi connectivity index (χ3v) is 7.20. The van der Waals surface area contributed by atoms with Crippen LogP contribution in [-0.4, -0.2) is 53.7 Å². The molecule has 0 radical (unpaired) electrons. The van der Waals surface area contributed by atoms with E-state index in [4.69, 9.17) is 14.0 Å². The third-order valence-electron chi connectivity index (χ3n) is 4.59. The molecule has 0 saturated heterocycles. The van der Waals surface area contributed by atoms with E-state index >= 15 is 0 Å². The van der Waals surface area contributed by atoms with Gasteiger partial charge in [-0.25, -0.2) is 9.78 Å². The van der Waals surface area contributed by atoms with Crippen molar-refractivity contribution in [3.05, 3.63) is 35.9 Å². The average molecular weight is 454 g/mol. The lowest BCUT2D eigenvalue weighted by Crippen LogP contribution is -2.47. The van der Waals surface area contributed by atoms with Crippen molar-refractivity contribution in [2.75, 3.05) is 12.9 Å². The fourth-order valence-corrected chi connectivity index (χ4v) is 5.35. The van der Waals surface area contributed by atoms with Crippen LogP contribution in [0, 0.1) is 11.8 Å². The highest BCUT2D eigenvalue weighted by atomic mass is 32.2. The van der Waals surface area contributed by atoms with Gasteiger partial charge in [0.1, 0.15) is 12.2 Å². The van der Waals surface area contributed by atoms with Crippen molar-refractivity contribution >= 4 is 17.7 Å². The van der Waals surface area contributed by atoms with Gasteiger partial charge < -0.3 is 14.9 Å². The minimum Gasteiger partial charge on any atom is -0.393 e. The van der Waals surface area contributed by atoms with Crippen molar-refractivity contribution in [3.63, 3.8) is 0 Å². The predicted octanol–water partition coefficient (Wildman–Crippen LogP) is 2.07. The summed E-state index contributed by atoms with van der Waals surface area (Å²) in [6.45, 7) is 5.60. The summed E-state index contributed by atoms with van der Waals surface area (Å²) in [4.78, 5) is 30.4. The molecule has 1 aromatic rings. The van der Waals surface area contributed by atoms with Crippen LogP contribution in [0.1, 0.15) is 33.3 Å². The van der Waals surface area contributed by atoms with Crippen LogP contribution in [0.25, 0.3) is 0 Å². The molecule has 1 rings (SSSR count). The molecule has 3 N–H and O–H groups in total. The van der Waals surface area contributed by atoms with E-state index in [1.54, 1.807) is 58.0 Å². The Balaban J connectivity index is 3.18. The van der Waals surface area contributed by atoms with Crippen molar-refractivity contribution in [2.45, 2.75) is 51.7 Å². The van der Waals surface area contributed by atoms with Crippen LogP contribution in [-0.2, 0) is 35.1 Å². The first-order chi connectivity index (χ1) is 13.2. The highest BCUT2D eigenvalue weighted by molar-refractivity contribution is 7.86. The monoisotopic (exact) mass is 454 g/mol. The predicted molar refractivity (Wildman–Crippen MR) is 107 cm³/mol. The van der Waals surface area contributed by atoms with Crippen LogP contribution in [0.15, 0.2) is 30.3 Å². The Labute approximate surface area is 172 Å². The van der Waals surface area contributed by atoms with Crippen LogP contribution in [0.5, 0.6) is 0 Å². The third kappa shape index (κ3) is 7.11. The second-order valence-electron chi connectivity index (χ2n) is 7.53. The van der Waals surface area contributed by atoms with Gasteiger partial charge in [-0.2, -0.15) is 8.42 Å². The van der Waals surface area contributed by atoms with Crippen molar-refractivity contribution < 1.29 is 41.8 Å². The molecule has 29 heavy (non-hydrogen) atoms. The van der Waals surface area contributed by atoms with E-state index < -0.39 is 53.7 Å². The number of hydrogen-bond donors (Lipinski definition) is 3. The second-order valence-corrected chi connectivity index (χ2v) is 10.9. The first kappa shape index (κ1) is 26.2. The van der Waals surface area contributed by atoms with Crippen LogP contribution in [0.3, 0.4) is 0 Å². The Bertz CT molecular complexity index is 766. The molecular weight excluding hydrogens is 423 g/mol. The fourth-order valence-electron chi connectivity index (χ4n) is 3.23. The van der Waals surface area contributed by atoms with Crippen LogP contribution in [0.4, 0.5) is 0 Å². The van der Waals surface area contributed by atoms with Gasteiger partial charge in [0.15, 0.2) is 0 Å². The van der Waals surface area contributed by atoms with E-state index in [1.807, 2.05) is 0 Å². The number of aliphatic hydroxyl groups is 1. The number of benzene rings is 1. The summed E-state index contributed by atoms with van der Waals surface area (Å²) in [5.74, 6) is -1.29. The van der Waals surface area contributed by atoms with E-state index in [2.05, 4.69) is 0 Å². The maximum Gasteiger partial charge on any atom is 0.360 e. The summed E-state index contributed by atoms with van der Waals surface area (Å²) >= 11 is 0. The lowest BCUT2D eigenvalue weighted by molar-refractivity contribution is -0.393. The average Bonchev–Trinajstić information content (AvgIpc) is 2.56. The molecule has 0 aliphatic rings. The quantitative estimate of drug-likeness (QED) is 0.187. The van der Waals surface area contributed by atoms with E-state index in [0.717, 1.165) is 11.8 Å². The van der Waals surface area contributed by atoms with E-state index in [9.17, 15) is 27.9 Å². The van der Waals surface area contributed by atoms with Gasteiger partial charge in [0, 0.05) is 6.42 Å². The standard InChI is InChI=1S/C18H31O9PS/c1-13(2)18(14(3)4,28(20,21)22)27-25-17(12-19)16(26-29(5,23)24)11-15-9-7-6-8-10-15/h6-10,13-14,16-17,19H,11-12H2,1-5H3,(H2,20,21,22). The van der Waals surface area contributed by atoms with Crippen molar-refractivity contribution in [1.82, 2.24) is 0 Å². The van der Waals surface area contributed by atoms with Crippen LogP contribution in [0.2, 0.25) is 0 Å². The molecule has 2 atom stereocenters. The highest BCUT2D eigenvalue weighted by Gasteiger charge is 2.55. The first-order valence-corrected chi connectivity index (χ1v) is 12.6. The largest absolute Gasteiger partial charge is 0.393 e. The Morgan fingerprint density at radius 2 is 1.55 bits per heavy atom. The van der Waals surface area contributed by atoms with E-state index in [0.29, 0.717) is 0 Å². The summed E-state index contributed by atoms with van der Waals surface area (Å²) in [7, 11) is -8.73. The second kappa shape index (κ2) is 10.5. The summed E-state index contributed by atoms with van der Waals surface area (Å²) < 4.78 is 40.7. The van der Waals surface area contributed by atoms with E-state index in [1.165, 1.54) is 0 Å². The molecule has 0 aliphatic heterocycles. The molecule has 0 fully saturated rings. The molecule has 0 spiro atoms. The van der Waals surface area contributed by atoms with Gasteiger partial charge in [-0.15, -0.1) is 0 Å². The van der Waals surface area contributed by atoms with Gasteiger partial charge in [0.05, 0.1) is 12.9 Å². The van der Waals surface area contributed by atoms with Crippen molar-refractivity contribution in [2.24, 2.45) is 11.8 Å². The number of hydrogen-bond acceptors (Lipinski definition) is 7. The van der Waals surface area contributed by atoms with Gasteiger partial charge in [0.2, 0.25) is 5.34 Å². The van der Waals surface area contributed by atoms with Gasteiger partial charge >= 0.3 is 7.60 Å². The topological polar surface area (TPSA) is 140 Å². The molecule has 1 aromatic carbocycles. The zero-order chi connectivity index (χ0) is 22.5. The van der Waals surface area contributed by atoms with E-state index in [-0.39, 0.29) is 6.42 Å². The number of aliphatic hydroxyl groups excluding tert-OH is 1. The zero-order valence-corrected chi connectivity index (χ0v) is 19.0. The molecule has 0 amide bonds. The molecule has 9 nitrogen and oxygen atoms in total. The molecule has 0 saturated carbocycles. The van der Waals surface area contributed by atoms with Gasteiger partial charge in [-0.1, -0.05) is 58.0 Å². The highest BCUT2D eigenvalue weighted by Crippen LogP contribution is 2.59. The fraction of sp³-hybridized carbons (Fsp3) is 0.667. The summed E-state index contributed by atoms with van der Waals surface area (Å²) in [6.07, 6.45) is -1.56. The van der Waals surface area contributed by atoms with Crippen molar-refractivity contribution in [1.29, 1.82) is 0 Å². The Hall–Kier alpha value is -0.840. The normalized spacial score (nSPS) is 15.7. The van der Waals surface area contributed by atoms with Gasteiger partial charge in [0.25, 0.3) is 10.1 Å². The summed E-state index contributed by atoms with van der Waals surface area (Å²) in [5.41, 5.74) is 0.720. The Morgan fingerprint density at radius 3 is 1.93 bits per heavy atom.